The van der Waals surface area contributed by atoms with E-state index in [0.29, 0.717) is 0 Å². The highest BCUT2D eigenvalue weighted by Gasteiger charge is 2.57. The fourth-order valence-corrected chi connectivity index (χ4v) is 6.64. The fraction of sp³-hybridized carbons (Fsp3) is 0.704. The molecule has 3 nitrogen and oxygen atoms in total. The predicted octanol–water partition coefficient (Wildman–Crippen LogP) is 7.72. The SMILES string of the molecule is CC(C)(C)[Si](C)(C)O/C(=C1\CCN(Cc2ccccc2)C1)C1(O[Si](C)(C)C(C)(C)C)CC1. The van der Waals surface area contributed by atoms with E-state index in [1.54, 1.807) is 0 Å². The number of benzene rings is 1. The Kier molecular flexibility index (Phi) is 7.01. The maximum Gasteiger partial charge on any atom is 0.250 e. The van der Waals surface area contributed by atoms with E-state index in [1.165, 1.54) is 16.9 Å². The van der Waals surface area contributed by atoms with Crippen molar-refractivity contribution in [3.63, 3.8) is 0 Å². The van der Waals surface area contributed by atoms with Crippen molar-refractivity contribution in [1.29, 1.82) is 0 Å². The number of likely N-dealkylation sites (tertiary alicyclic amines) is 1. The summed E-state index contributed by atoms with van der Waals surface area (Å²) in [6, 6.07) is 10.8. The minimum atomic E-state index is -1.96. The number of nitrogens with zero attached hydrogens (tertiary/aromatic N) is 1. The first-order valence-electron chi connectivity index (χ1n) is 12.4. The van der Waals surface area contributed by atoms with Gasteiger partial charge in [-0.3, -0.25) is 4.90 Å². The Balaban J connectivity index is 1.91. The highest BCUT2D eigenvalue weighted by molar-refractivity contribution is 6.75. The lowest BCUT2D eigenvalue weighted by atomic mass is 10.1. The average molecular weight is 474 g/mol. The molecule has 0 amide bonds. The molecule has 32 heavy (non-hydrogen) atoms. The van der Waals surface area contributed by atoms with Gasteiger partial charge in [-0.2, -0.15) is 0 Å². The highest BCUT2D eigenvalue weighted by Crippen LogP contribution is 2.55. The van der Waals surface area contributed by atoms with E-state index in [2.05, 4.69) is 103 Å². The molecule has 1 saturated carbocycles. The zero-order valence-electron chi connectivity index (χ0n) is 22.4. The number of rotatable bonds is 7. The summed E-state index contributed by atoms with van der Waals surface area (Å²) in [6.07, 6.45) is 3.30. The fourth-order valence-electron chi connectivity index (χ4n) is 3.91. The van der Waals surface area contributed by atoms with Gasteiger partial charge in [0.05, 0.1) is 0 Å². The van der Waals surface area contributed by atoms with Crippen molar-refractivity contribution in [2.45, 2.75) is 109 Å². The summed E-state index contributed by atoms with van der Waals surface area (Å²) in [5, 5.41) is 0.374. The summed E-state index contributed by atoms with van der Waals surface area (Å²) in [7, 11) is -3.87. The molecule has 2 fully saturated rings. The van der Waals surface area contributed by atoms with E-state index in [4.69, 9.17) is 8.85 Å². The van der Waals surface area contributed by atoms with Crippen LogP contribution >= 0.6 is 0 Å². The molecule has 1 heterocycles. The molecule has 1 aromatic rings. The zero-order chi connectivity index (χ0) is 24.0. The second-order valence-corrected chi connectivity index (χ2v) is 22.5. The molecule has 0 unspecified atom stereocenters. The van der Waals surface area contributed by atoms with Crippen molar-refractivity contribution in [3.05, 3.63) is 47.2 Å². The monoisotopic (exact) mass is 473 g/mol. The summed E-state index contributed by atoms with van der Waals surface area (Å²) in [5.74, 6) is 1.23. The van der Waals surface area contributed by atoms with Crippen LogP contribution in [0.3, 0.4) is 0 Å². The van der Waals surface area contributed by atoms with Crippen molar-refractivity contribution in [2.24, 2.45) is 0 Å². The molecule has 1 aromatic carbocycles. The smallest absolute Gasteiger partial charge is 0.250 e. The Bertz CT molecular complexity index is 827. The van der Waals surface area contributed by atoms with Gasteiger partial charge in [-0.25, -0.2) is 0 Å². The quantitative estimate of drug-likeness (QED) is 0.299. The second kappa shape index (κ2) is 8.72. The van der Waals surface area contributed by atoms with E-state index >= 15 is 0 Å². The van der Waals surface area contributed by atoms with E-state index in [9.17, 15) is 0 Å². The van der Waals surface area contributed by atoms with Crippen LogP contribution in [0.1, 0.15) is 66.4 Å². The molecule has 0 N–H and O–H groups in total. The van der Waals surface area contributed by atoms with Gasteiger partial charge < -0.3 is 8.85 Å². The molecule has 1 aliphatic heterocycles. The molecular formula is C27H47NO2Si2. The molecule has 180 valence electrons. The molecular weight excluding hydrogens is 426 g/mol. The third-order valence-electron chi connectivity index (χ3n) is 8.25. The summed E-state index contributed by atoms with van der Waals surface area (Å²) < 4.78 is 14.3. The molecule has 0 spiro atoms. The van der Waals surface area contributed by atoms with Gasteiger partial charge in [-0.1, -0.05) is 71.9 Å². The van der Waals surface area contributed by atoms with Crippen LogP contribution in [0.5, 0.6) is 0 Å². The van der Waals surface area contributed by atoms with Gasteiger partial charge >= 0.3 is 0 Å². The van der Waals surface area contributed by atoms with Gasteiger partial charge in [0.25, 0.3) is 0 Å². The third kappa shape index (κ3) is 5.60. The van der Waals surface area contributed by atoms with Gasteiger partial charge in [0.1, 0.15) is 11.4 Å². The summed E-state index contributed by atoms with van der Waals surface area (Å²) in [6.45, 7) is 26.7. The number of hydrogen-bond donors (Lipinski definition) is 0. The van der Waals surface area contributed by atoms with Crippen molar-refractivity contribution < 1.29 is 8.85 Å². The van der Waals surface area contributed by atoms with Gasteiger partial charge in [0.15, 0.2) is 8.32 Å². The summed E-state index contributed by atoms with van der Waals surface area (Å²) >= 11 is 0. The molecule has 0 atom stereocenters. The molecule has 0 bridgehead atoms. The van der Waals surface area contributed by atoms with Gasteiger partial charge in [0, 0.05) is 19.6 Å². The molecule has 0 aromatic heterocycles. The molecule has 1 aliphatic carbocycles. The van der Waals surface area contributed by atoms with E-state index < -0.39 is 16.6 Å². The number of hydrogen-bond acceptors (Lipinski definition) is 3. The van der Waals surface area contributed by atoms with Crippen LogP contribution in [0, 0.1) is 0 Å². The van der Waals surface area contributed by atoms with Crippen LogP contribution in [0.25, 0.3) is 0 Å². The molecule has 3 rings (SSSR count). The Hall–Kier alpha value is -0.886. The zero-order valence-corrected chi connectivity index (χ0v) is 24.4. The lowest BCUT2D eigenvalue weighted by Crippen LogP contribution is -2.48. The lowest BCUT2D eigenvalue weighted by molar-refractivity contribution is 0.138. The van der Waals surface area contributed by atoms with Crippen LogP contribution < -0.4 is 0 Å². The normalized spacial score (nSPS) is 21.6. The average Bonchev–Trinajstić information content (AvgIpc) is 3.26. The van der Waals surface area contributed by atoms with Crippen molar-refractivity contribution in [3.8, 4) is 0 Å². The minimum Gasteiger partial charge on any atom is -0.544 e. The lowest BCUT2D eigenvalue weighted by Gasteiger charge is -2.44. The summed E-state index contributed by atoms with van der Waals surface area (Å²) in [4.78, 5) is 2.57. The van der Waals surface area contributed by atoms with Gasteiger partial charge in [0.2, 0.25) is 8.32 Å². The van der Waals surface area contributed by atoms with Crippen molar-refractivity contribution >= 4 is 16.6 Å². The molecule has 5 heteroatoms. The first-order valence-corrected chi connectivity index (χ1v) is 18.3. The van der Waals surface area contributed by atoms with Crippen LogP contribution in [0.2, 0.25) is 36.3 Å². The van der Waals surface area contributed by atoms with Gasteiger partial charge in [-0.15, -0.1) is 0 Å². The largest absolute Gasteiger partial charge is 0.544 e. The third-order valence-corrected chi connectivity index (χ3v) is 17.1. The van der Waals surface area contributed by atoms with Crippen molar-refractivity contribution in [2.75, 3.05) is 13.1 Å². The van der Waals surface area contributed by atoms with Crippen LogP contribution in [-0.4, -0.2) is 40.2 Å². The van der Waals surface area contributed by atoms with Crippen LogP contribution in [-0.2, 0) is 15.4 Å². The van der Waals surface area contributed by atoms with E-state index in [0.717, 1.165) is 38.9 Å². The summed E-state index contributed by atoms with van der Waals surface area (Å²) in [5.41, 5.74) is 2.69. The Morgan fingerprint density at radius 3 is 1.97 bits per heavy atom. The second-order valence-electron chi connectivity index (χ2n) is 13.1. The molecule has 1 saturated heterocycles. The Morgan fingerprint density at radius 2 is 1.47 bits per heavy atom. The maximum atomic E-state index is 7.16. The van der Waals surface area contributed by atoms with E-state index in [1.807, 2.05) is 0 Å². The standard InChI is InChI=1S/C27H47NO2Si2/c1-25(2,3)31(7,8)29-24(27(17-18-27)30-32(9,10)26(4,5)6)23-16-19-28(21-23)20-22-14-12-11-13-15-22/h11-15H,16-21H2,1-10H3/b24-23+. The van der Waals surface area contributed by atoms with E-state index in [-0.39, 0.29) is 15.7 Å². The first-order chi connectivity index (χ1) is 14.6. The van der Waals surface area contributed by atoms with Crippen molar-refractivity contribution in [1.82, 2.24) is 4.90 Å². The topological polar surface area (TPSA) is 21.7 Å². The Morgan fingerprint density at radius 1 is 0.906 bits per heavy atom. The maximum absolute atomic E-state index is 7.16. The highest BCUT2D eigenvalue weighted by atomic mass is 28.4. The van der Waals surface area contributed by atoms with Crippen LogP contribution in [0.4, 0.5) is 0 Å². The predicted molar refractivity (Wildman–Crippen MR) is 142 cm³/mol. The Labute approximate surface area is 199 Å². The van der Waals surface area contributed by atoms with Crippen LogP contribution in [0.15, 0.2) is 41.7 Å². The molecule has 2 aliphatic rings. The first kappa shape index (κ1) is 25.7. The molecule has 0 radical (unpaired) electrons. The minimum absolute atomic E-state index is 0.175. The van der Waals surface area contributed by atoms with Gasteiger partial charge in [-0.05, 0) is 66.7 Å².